The van der Waals surface area contributed by atoms with Crippen LogP contribution in [0, 0.1) is 20.8 Å². The van der Waals surface area contributed by atoms with Crippen LogP contribution in [0.1, 0.15) is 48.7 Å². The predicted octanol–water partition coefficient (Wildman–Crippen LogP) is 4.19. The Bertz CT molecular complexity index is 695. The molecule has 0 radical (unpaired) electrons. The van der Waals surface area contributed by atoms with Gasteiger partial charge in [0.05, 0.1) is 5.25 Å². The number of aryl methyl sites for hydroxylation is 2. The summed E-state index contributed by atoms with van der Waals surface area (Å²) in [5.41, 5.74) is 4.31. The third kappa shape index (κ3) is 5.30. The minimum Gasteiger partial charge on any atom is -0.355 e. The van der Waals surface area contributed by atoms with E-state index in [1.807, 2.05) is 45.9 Å². The van der Waals surface area contributed by atoms with Crippen molar-refractivity contribution >= 4 is 17.7 Å². The van der Waals surface area contributed by atoms with Crippen molar-refractivity contribution in [3.05, 3.63) is 52.8 Å². The molecule has 5 heteroatoms. The number of hydrogen-bond donors (Lipinski definition) is 1. The Labute approximate surface area is 154 Å². The summed E-state index contributed by atoms with van der Waals surface area (Å²) < 4.78 is 0. The summed E-state index contributed by atoms with van der Waals surface area (Å²) in [6, 6.07) is 10.3. The van der Waals surface area contributed by atoms with Crippen molar-refractivity contribution in [2.75, 3.05) is 6.54 Å². The lowest BCUT2D eigenvalue weighted by Crippen LogP contribution is -2.34. The summed E-state index contributed by atoms with van der Waals surface area (Å²) in [5.74, 6) is 0.362. The van der Waals surface area contributed by atoms with Crippen LogP contribution in [0.4, 0.5) is 0 Å². The smallest absolute Gasteiger partial charge is 0.233 e. The zero-order valence-corrected chi connectivity index (χ0v) is 16.5. The van der Waals surface area contributed by atoms with Crippen molar-refractivity contribution in [1.29, 1.82) is 0 Å². The lowest BCUT2D eigenvalue weighted by Gasteiger charge is -2.18. The molecular weight excluding hydrogens is 330 g/mol. The van der Waals surface area contributed by atoms with Gasteiger partial charge in [-0.05, 0) is 45.2 Å². The molecule has 0 aliphatic carbocycles. The Balaban J connectivity index is 1.94. The van der Waals surface area contributed by atoms with Crippen LogP contribution in [0.2, 0.25) is 0 Å². The van der Waals surface area contributed by atoms with Crippen LogP contribution >= 0.6 is 11.8 Å². The lowest BCUT2D eigenvalue weighted by atomic mass is 9.96. The van der Waals surface area contributed by atoms with Crippen LogP contribution in [0.25, 0.3) is 0 Å². The average Bonchev–Trinajstić information content (AvgIpc) is 2.60. The third-order valence-corrected chi connectivity index (χ3v) is 5.51. The van der Waals surface area contributed by atoms with Crippen LogP contribution in [0.5, 0.6) is 0 Å². The normalized spacial score (nSPS) is 13.3. The fraction of sp³-hybridized carbons (Fsp3) is 0.450. The summed E-state index contributed by atoms with van der Waals surface area (Å²) in [7, 11) is 0. The van der Waals surface area contributed by atoms with Gasteiger partial charge in [0.15, 0.2) is 5.16 Å². The van der Waals surface area contributed by atoms with Gasteiger partial charge in [-0.2, -0.15) is 0 Å². The number of amides is 1. The zero-order chi connectivity index (χ0) is 18.4. The van der Waals surface area contributed by atoms with E-state index in [-0.39, 0.29) is 11.2 Å². The Morgan fingerprint density at radius 1 is 1.12 bits per heavy atom. The summed E-state index contributed by atoms with van der Waals surface area (Å²) in [5, 5.41) is 3.52. The van der Waals surface area contributed by atoms with Crippen molar-refractivity contribution in [3.8, 4) is 0 Å². The molecule has 25 heavy (non-hydrogen) atoms. The molecule has 2 atom stereocenters. The van der Waals surface area contributed by atoms with E-state index >= 15 is 0 Å². The SMILES string of the molecule is CC[C@H](CNC(=O)[C@H](C)Sc1nc(C)c(C)c(C)n1)c1ccccc1. The summed E-state index contributed by atoms with van der Waals surface area (Å²) >= 11 is 1.41. The monoisotopic (exact) mass is 357 g/mol. The Morgan fingerprint density at radius 2 is 1.72 bits per heavy atom. The highest BCUT2D eigenvalue weighted by Gasteiger charge is 2.18. The molecule has 2 rings (SSSR count). The molecule has 0 aliphatic heterocycles. The van der Waals surface area contributed by atoms with Crippen molar-refractivity contribution in [3.63, 3.8) is 0 Å². The molecule has 0 aliphatic rings. The largest absolute Gasteiger partial charge is 0.355 e. The molecule has 0 spiro atoms. The molecule has 1 aromatic carbocycles. The van der Waals surface area contributed by atoms with Crippen LogP contribution in [-0.4, -0.2) is 27.7 Å². The highest BCUT2D eigenvalue weighted by atomic mass is 32.2. The minimum absolute atomic E-state index is 0.0267. The topological polar surface area (TPSA) is 54.9 Å². The second-order valence-corrected chi connectivity index (χ2v) is 7.63. The van der Waals surface area contributed by atoms with Crippen LogP contribution in [0.15, 0.2) is 35.5 Å². The van der Waals surface area contributed by atoms with E-state index < -0.39 is 0 Å². The van der Waals surface area contributed by atoms with Crippen LogP contribution < -0.4 is 5.32 Å². The first kappa shape index (κ1) is 19.4. The fourth-order valence-corrected chi connectivity index (χ4v) is 3.48. The molecular formula is C20H27N3OS. The number of rotatable bonds is 7. The molecule has 1 amide bonds. The number of nitrogens with zero attached hydrogens (tertiary/aromatic N) is 2. The maximum absolute atomic E-state index is 12.4. The molecule has 4 nitrogen and oxygen atoms in total. The van der Waals surface area contributed by atoms with E-state index in [2.05, 4.69) is 34.3 Å². The summed E-state index contributed by atoms with van der Waals surface area (Å²) in [6.07, 6.45) is 0.991. The third-order valence-electron chi connectivity index (χ3n) is 4.55. The minimum atomic E-state index is -0.227. The number of nitrogens with one attached hydrogen (secondary N) is 1. The van der Waals surface area contributed by atoms with Crippen molar-refractivity contribution < 1.29 is 4.79 Å². The van der Waals surface area contributed by atoms with E-state index in [4.69, 9.17) is 0 Å². The number of benzene rings is 1. The highest BCUT2D eigenvalue weighted by Crippen LogP contribution is 2.22. The molecule has 2 aromatic rings. The van der Waals surface area contributed by atoms with Crippen molar-refractivity contribution in [2.24, 2.45) is 0 Å². The van der Waals surface area contributed by atoms with Gasteiger partial charge in [-0.25, -0.2) is 9.97 Å². The van der Waals surface area contributed by atoms with E-state index in [0.29, 0.717) is 17.6 Å². The molecule has 134 valence electrons. The van der Waals surface area contributed by atoms with Crippen molar-refractivity contribution in [1.82, 2.24) is 15.3 Å². The molecule has 1 aromatic heterocycles. The molecule has 0 bridgehead atoms. The van der Waals surface area contributed by atoms with Gasteiger partial charge in [0, 0.05) is 23.9 Å². The maximum Gasteiger partial charge on any atom is 0.233 e. The van der Waals surface area contributed by atoms with Crippen molar-refractivity contribution in [2.45, 2.75) is 57.4 Å². The quantitative estimate of drug-likeness (QED) is 0.596. The fourth-order valence-electron chi connectivity index (χ4n) is 2.60. The summed E-state index contributed by atoms with van der Waals surface area (Å²) in [4.78, 5) is 21.4. The number of hydrogen-bond acceptors (Lipinski definition) is 4. The maximum atomic E-state index is 12.4. The first-order chi connectivity index (χ1) is 11.9. The molecule has 0 saturated heterocycles. The molecule has 0 unspecified atom stereocenters. The van der Waals surface area contributed by atoms with Gasteiger partial charge >= 0.3 is 0 Å². The summed E-state index contributed by atoms with van der Waals surface area (Å²) in [6.45, 7) is 10.7. The van der Waals surface area contributed by atoms with Gasteiger partial charge in [-0.3, -0.25) is 4.79 Å². The van der Waals surface area contributed by atoms with Gasteiger partial charge in [0.25, 0.3) is 0 Å². The molecule has 1 N–H and O–H groups in total. The Kier molecular flexibility index (Phi) is 7.00. The van der Waals surface area contributed by atoms with Crippen LogP contribution in [0.3, 0.4) is 0 Å². The zero-order valence-electron chi connectivity index (χ0n) is 15.7. The second-order valence-electron chi connectivity index (χ2n) is 6.32. The van der Waals surface area contributed by atoms with Gasteiger partial charge in [-0.1, -0.05) is 49.0 Å². The molecule has 0 fully saturated rings. The molecule has 0 saturated carbocycles. The van der Waals surface area contributed by atoms with Gasteiger partial charge in [0.2, 0.25) is 5.91 Å². The average molecular weight is 358 g/mol. The van der Waals surface area contributed by atoms with E-state index in [9.17, 15) is 4.79 Å². The number of aromatic nitrogens is 2. The van der Waals surface area contributed by atoms with Gasteiger partial charge in [0.1, 0.15) is 0 Å². The second kappa shape index (κ2) is 8.99. The Morgan fingerprint density at radius 3 is 2.28 bits per heavy atom. The molecule has 1 heterocycles. The first-order valence-electron chi connectivity index (χ1n) is 8.73. The van der Waals surface area contributed by atoms with Crippen LogP contribution in [-0.2, 0) is 4.79 Å². The predicted molar refractivity (Wildman–Crippen MR) is 104 cm³/mol. The standard InChI is InChI=1S/C20H27N3OS/c1-6-17(18-10-8-7-9-11-18)12-21-19(24)16(5)25-20-22-14(3)13(2)15(4)23-20/h7-11,16-17H,6,12H2,1-5H3,(H,21,24)/t16-,17+/m0/s1. The number of carbonyl (C=O) groups excluding carboxylic acids is 1. The van der Waals surface area contributed by atoms with Gasteiger partial charge < -0.3 is 5.32 Å². The number of thioether (sulfide) groups is 1. The van der Waals surface area contributed by atoms with E-state index in [1.54, 1.807) is 0 Å². The first-order valence-corrected chi connectivity index (χ1v) is 9.61. The van der Waals surface area contributed by atoms with E-state index in [0.717, 1.165) is 23.4 Å². The van der Waals surface area contributed by atoms with E-state index in [1.165, 1.54) is 17.3 Å². The lowest BCUT2D eigenvalue weighted by molar-refractivity contribution is -0.120. The Hall–Kier alpha value is -1.88. The van der Waals surface area contributed by atoms with Gasteiger partial charge in [-0.15, -0.1) is 0 Å². The number of carbonyl (C=O) groups is 1. The highest BCUT2D eigenvalue weighted by molar-refractivity contribution is 8.00.